The van der Waals surface area contributed by atoms with Crippen LogP contribution in [-0.2, 0) is 29.4 Å². The Morgan fingerprint density at radius 2 is 1.93 bits per heavy atom. The lowest BCUT2D eigenvalue weighted by Crippen LogP contribution is -2.58. The first-order valence-electron chi connectivity index (χ1n) is 9.87. The SMILES string of the molecule is COC1N=CNc2c(CN3[C@H](CO)C[C@H]3CO)cn(COCc3ccccc3)c21. The lowest BCUT2D eigenvalue weighted by molar-refractivity contribution is -0.0474. The van der Waals surface area contributed by atoms with Gasteiger partial charge in [0.2, 0.25) is 0 Å². The fourth-order valence-electron chi connectivity index (χ4n) is 4.10. The number of anilines is 1. The van der Waals surface area contributed by atoms with Gasteiger partial charge in [0, 0.05) is 37.5 Å². The van der Waals surface area contributed by atoms with Crippen molar-refractivity contribution in [3.05, 3.63) is 53.3 Å². The Kier molecular flexibility index (Phi) is 6.27. The molecular weight excluding hydrogens is 372 g/mol. The van der Waals surface area contributed by atoms with E-state index in [2.05, 4.69) is 15.2 Å². The fraction of sp³-hybridized carbons (Fsp3) is 0.476. The van der Waals surface area contributed by atoms with Gasteiger partial charge in [-0.1, -0.05) is 30.3 Å². The van der Waals surface area contributed by atoms with Gasteiger partial charge >= 0.3 is 0 Å². The third kappa shape index (κ3) is 4.08. The van der Waals surface area contributed by atoms with Gasteiger partial charge in [-0.05, 0) is 12.0 Å². The van der Waals surface area contributed by atoms with Gasteiger partial charge in [-0.15, -0.1) is 0 Å². The van der Waals surface area contributed by atoms with Gasteiger partial charge in [0.15, 0.2) is 6.23 Å². The zero-order valence-electron chi connectivity index (χ0n) is 16.6. The molecule has 8 nitrogen and oxygen atoms in total. The molecule has 2 aromatic rings. The third-order valence-corrected chi connectivity index (χ3v) is 5.67. The second-order valence-electron chi connectivity index (χ2n) is 7.44. The number of likely N-dealkylation sites (tertiary alicyclic amines) is 1. The molecule has 1 fully saturated rings. The highest BCUT2D eigenvalue weighted by Gasteiger charge is 2.38. The van der Waals surface area contributed by atoms with E-state index in [0.717, 1.165) is 28.9 Å². The molecule has 4 rings (SSSR count). The topological polar surface area (TPSA) is 91.5 Å². The highest BCUT2D eigenvalue weighted by molar-refractivity contribution is 5.81. The van der Waals surface area contributed by atoms with Gasteiger partial charge in [-0.25, -0.2) is 4.99 Å². The van der Waals surface area contributed by atoms with Crippen LogP contribution in [0.25, 0.3) is 0 Å². The summed E-state index contributed by atoms with van der Waals surface area (Å²) in [7, 11) is 1.64. The summed E-state index contributed by atoms with van der Waals surface area (Å²) in [5.41, 5.74) is 4.05. The number of nitrogens with one attached hydrogen (secondary N) is 1. The smallest absolute Gasteiger partial charge is 0.192 e. The van der Waals surface area contributed by atoms with Gasteiger partial charge in [0.25, 0.3) is 0 Å². The summed E-state index contributed by atoms with van der Waals surface area (Å²) in [6.07, 6.45) is 4.10. The summed E-state index contributed by atoms with van der Waals surface area (Å²) in [6.45, 7) is 1.70. The predicted molar refractivity (Wildman–Crippen MR) is 109 cm³/mol. The number of aliphatic imine (C=N–C) groups is 1. The highest BCUT2D eigenvalue weighted by Crippen LogP contribution is 2.37. The first-order chi connectivity index (χ1) is 14.2. The molecule has 0 amide bonds. The van der Waals surface area contributed by atoms with Crippen molar-refractivity contribution in [2.75, 3.05) is 25.6 Å². The van der Waals surface area contributed by atoms with Crippen molar-refractivity contribution in [3.8, 4) is 0 Å². The second kappa shape index (κ2) is 9.06. The maximum absolute atomic E-state index is 9.59. The maximum Gasteiger partial charge on any atom is 0.192 e. The molecule has 1 aromatic carbocycles. The Morgan fingerprint density at radius 1 is 1.17 bits per heavy atom. The number of nitrogens with zero attached hydrogens (tertiary/aromatic N) is 3. The molecule has 2 aliphatic rings. The Labute approximate surface area is 170 Å². The van der Waals surface area contributed by atoms with Crippen LogP contribution in [0.1, 0.15) is 29.5 Å². The Bertz CT molecular complexity index is 829. The largest absolute Gasteiger partial charge is 0.395 e. The second-order valence-corrected chi connectivity index (χ2v) is 7.44. The minimum absolute atomic E-state index is 0.0796. The summed E-state index contributed by atoms with van der Waals surface area (Å²) in [5, 5.41) is 22.4. The summed E-state index contributed by atoms with van der Waals surface area (Å²) < 4.78 is 13.5. The van der Waals surface area contributed by atoms with E-state index in [1.54, 1.807) is 13.4 Å². The van der Waals surface area contributed by atoms with Crippen molar-refractivity contribution >= 4 is 12.0 Å². The number of aliphatic hydroxyl groups is 2. The van der Waals surface area contributed by atoms with Gasteiger partial charge < -0.3 is 29.6 Å². The number of rotatable bonds is 9. The minimum atomic E-state index is -0.404. The zero-order valence-corrected chi connectivity index (χ0v) is 16.6. The number of ether oxygens (including phenoxy) is 2. The van der Waals surface area contributed by atoms with E-state index >= 15 is 0 Å². The summed E-state index contributed by atoms with van der Waals surface area (Å²) >= 11 is 0. The lowest BCUT2D eigenvalue weighted by Gasteiger charge is -2.47. The zero-order chi connectivity index (χ0) is 20.2. The van der Waals surface area contributed by atoms with Crippen molar-refractivity contribution in [2.24, 2.45) is 4.99 Å². The molecular formula is C21H28N4O4. The average molecular weight is 400 g/mol. The molecule has 1 unspecified atom stereocenters. The summed E-state index contributed by atoms with van der Waals surface area (Å²) in [5.74, 6) is 0. The maximum atomic E-state index is 9.59. The van der Waals surface area contributed by atoms with E-state index in [4.69, 9.17) is 9.47 Å². The fourth-order valence-corrected chi connectivity index (χ4v) is 4.10. The molecule has 3 N–H and O–H groups in total. The van der Waals surface area contributed by atoms with Crippen LogP contribution in [0.4, 0.5) is 5.69 Å². The summed E-state index contributed by atoms with van der Waals surface area (Å²) in [6, 6.07) is 10.2. The number of hydrogen-bond donors (Lipinski definition) is 3. The number of aliphatic hydroxyl groups excluding tert-OH is 2. The molecule has 156 valence electrons. The Hall–Kier alpha value is -2.23. The normalized spacial score (nSPS) is 23.5. The molecule has 3 atom stereocenters. The molecule has 2 aliphatic heterocycles. The number of benzene rings is 1. The van der Waals surface area contributed by atoms with Crippen LogP contribution in [0, 0.1) is 0 Å². The summed E-state index contributed by atoms with van der Waals surface area (Å²) in [4.78, 5) is 6.52. The van der Waals surface area contributed by atoms with E-state index in [1.807, 2.05) is 41.1 Å². The van der Waals surface area contributed by atoms with E-state index in [0.29, 0.717) is 19.9 Å². The van der Waals surface area contributed by atoms with Crippen LogP contribution in [-0.4, -0.2) is 58.4 Å². The lowest BCUT2D eigenvalue weighted by atomic mass is 9.93. The number of hydrogen-bond acceptors (Lipinski definition) is 7. The van der Waals surface area contributed by atoms with Crippen molar-refractivity contribution in [1.29, 1.82) is 0 Å². The van der Waals surface area contributed by atoms with Crippen LogP contribution >= 0.6 is 0 Å². The van der Waals surface area contributed by atoms with Gasteiger partial charge in [0.1, 0.15) is 6.73 Å². The highest BCUT2D eigenvalue weighted by atomic mass is 16.5. The van der Waals surface area contributed by atoms with Crippen molar-refractivity contribution in [2.45, 2.75) is 44.6 Å². The molecule has 8 heteroatoms. The van der Waals surface area contributed by atoms with Crippen LogP contribution in [0.2, 0.25) is 0 Å². The molecule has 0 spiro atoms. The van der Waals surface area contributed by atoms with Gasteiger partial charge in [0.05, 0.1) is 37.5 Å². The monoisotopic (exact) mass is 400 g/mol. The van der Waals surface area contributed by atoms with Crippen molar-refractivity contribution in [1.82, 2.24) is 9.47 Å². The Morgan fingerprint density at radius 3 is 2.62 bits per heavy atom. The van der Waals surface area contributed by atoms with Crippen LogP contribution in [0.15, 0.2) is 41.5 Å². The van der Waals surface area contributed by atoms with Gasteiger partial charge in [-0.3, -0.25) is 4.90 Å². The van der Waals surface area contributed by atoms with Crippen LogP contribution < -0.4 is 5.32 Å². The van der Waals surface area contributed by atoms with Crippen LogP contribution in [0.5, 0.6) is 0 Å². The molecule has 29 heavy (non-hydrogen) atoms. The molecule has 0 saturated carbocycles. The van der Waals surface area contributed by atoms with Crippen LogP contribution in [0.3, 0.4) is 0 Å². The molecule has 0 bridgehead atoms. The Balaban J connectivity index is 1.53. The average Bonchev–Trinajstić information content (AvgIpc) is 3.10. The van der Waals surface area contributed by atoms with Crippen molar-refractivity contribution in [3.63, 3.8) is 0 Å². The minimum Gasteiger partial charge on any atom is -0.395 e. The van der Waals surface area contributed by atoms with E-state index in [9.17, 15) is 10.2 Å². The van der Waals surface area contributed by atoms with E-state index in [-0.39, 0.29) is 25.3 Å². The van der Waals surface area contributed by atoms with Gasteiger partial charge in [-0.2, -0.15) is 0 Å². The number of fused-ring (bicyclic) bond motifs is 1. The van der Waals surface area contributed by atoms with E-state index in [1.165, 1.54) is 0 Å². The quantitative estimate of drug-likeness (QED) is 0.593. The molecule has 0 aliphatic carbocycles. The van der Waals surface area contributed by atoms with E-state index < -0.39 is 6.23 Å². The standard InChI is InChI=1S/C21H28N4O4/c1-28-21-20-19(22-13-23-21)16(9-25-17(10-26)7-18(25)11-27)8-24(20)14-29-12-15-5-3-2-4-6-15/h2-6,8,13,17-18,21,26-27H,7,9-12,14H2,1H3,(H,22,23)/t17-,18-,21?/m0/s1. The predicted octanol–water partition coefficient (Wildman–Crippen LogP) is 1.69. The molecule has 1 saturated heterocycles. The van der Waals surface area contributed by atoms with Crippen molar-refractivity contribution < 1.29 is 19.7 Å². The molecule has 0 radical (unpaired) electrons. The molecule has 1 aromatic heterocycles. The number of methoxy groups -OCH3 is 1. The number of aromatic nitrogens is 1. The first-order valence-corrected chi connectivity index (χ1v) is 9.87. The molecule has 3 heterocycles. The first kappa shape index (κ1) is 20.1. The third-order valence-electron chi connectivity index (χ3n) is 5.67.